The van der Waals surface area contributed by atoms with E-state index in [1.54, 1.807) is 0 Å². The largest absolute Gasteiger partial charge is 0.389 e. The number of aliphatic hydroxyl groups is 1. The molecule has 1 aromatic rings. The van der Waals surface area contributed by atoms with Crippen LogP contribution in [0.1, 0.15) is 44.9 Å². The number of nitrogens with zero attached hydrogens (tertiary/aromatic N) is 2. The summed E-state index contributed by atoms with van der Waals surface area (Å²) >= 11 is 0. The Balaban J connectivity index is 1.46. The van der Waals surface area contributed by atoms with Gasteiger partial charge in [-0.25, -0.2) is 0 Å². The molecule has 1 aliphatic carbocycles. The van der Waals surface area contributed by atoms with Crippen molar-refractivity contribution in [3.8, 4) is 0 Å². The topological polar surface area (TPSA) is 55.8 Å². The number of amides is 1. The summed E-state index contributed by atoms with van der Waals surface area (Å²) in [7, 11) is 4.09. The molecule has 1 saturated carbocycles. The molecular weight excluding hydrogens is 314 g/mol. The molecule has 0 atom stereocenters. The highest BCUT2D eigenvalue weighted by atomic mass is 16.3. The van der Waals surface area contributed by atoms with E-state index < -0.39 is 5.60 Å². The highest BCUT2D eigenvalue weighted by molar-refractivity contribution is 5.77. The van der Waals surface area contributed by atoms with Crippen LogP contribution < -0.4 is 15.1 Å². The molecule has 0 radical (unpaired) electrons. The maximum atomic E-state index is 12.2. The van der Waals surface area contributed by atoms with E-state index in [1.165, 1.54) is 11.4 Å². The van der Waals surface area contributed by atoms with E-state index in [4.69, 9.17) is 0 Å². The van der Waals surface area contributed by atoms with Crippen LogP contribution in [-0.4, -0.2) is 49.8 Å². The number of anilines is 2. The van der Waals surface area contributed by atoms with E-state index in [1.807, 2.05) is 14.1 Å². The van der Waals surface area contributed by atoms with Gasteiger partial charge < -0.3 is 20.2 Å². The quantitative estimate of drug-likeness (QED) is 0.861. The maximum absolute atomic E-state index is 12.2. The first-order valence-electron chi connectivity index (χ1n) is 9.49. The zero-order valence-electron chi connectivity index (χ0n) is 15.5. The second kappa shape index (κ2) is 7.65. The second-order valence-corrected chi connectivity index (χ2v) is 7.85. The monoisotopic (exact) mass is 345 g/mol. The molecule has 0 aromatic heterocycles. The number of carbonyl (C=O) groups excluding carboxylic acids is 1. The SMILES string of the molecule is CN(C)c1ccc(N2CCC(NC(=O)CC3(O)CCCC3)CC2)cc1. The molecular formula is C20H31N3O2. The third-order valence-electron chi connectivity index (χ3n) is 5.62. The first kappa shape index (κ1) is 18.1. The van der Waals surface area contributed by atoms with Gasteiger partial charge >= 0.3 is 0 Å². The van der Waals surface area contributed by atoms with Crippen molar-refractivity contribution in [1.82, 2.24) is 5.32 Å². The normalized spacial score (nSPS) is 20.5. The van der Waals surface area contributed by atoms with Crippen LogP contribution in [0.25, 0.3) is 0 Å². The van der Waals surface area contributed by atoms with E-state index in [0.29, 0.717) is 0 Å². The Morgan fingerprint density at radius 1 is 1.20 bits per heavy atom. The first-order chi connectivity index (χ1) is 12.0. The Labute approximate surface area is 151 Å². The number of carbonyl (C=O) groups is 1. The Kier molecular flexibility index (Phi) is 5.52. The molecule has 2 N–H and O–H groups in total. The van der Waals surface area contributed by atoms with E-state index in [2.05, 4.69) is 39.4 Å². The summed E-state index contributed by atoms with van der Waals surface area (Å²) in [6.45, 7) is 1.91. The fourth-order valence-corrected chi connectivity index (χ4v) is 4.03. The predicted octanol–water partition coefficient (Wildman–Crippen LogP) is 2.53. The Hall–Kier alpha value is -1.75. The predicted molar refractivity (Wildman–Crippen MR) is 102 cm³/mol. The molecule has 1 saturated heterocycles. The van der Waals surface area contributed by atoms with Crippen LogP contribution >= 0.6 is 0 Å². The van der Waals surface area contributed by atoms with Gasteiger partial charge in [-0.2, -0.15) is 0 Å². The maximum Gasteiger partial charge on any atom is 0.223 e. The molecule has 0 bridgehead atoms. The lowest BCUT2D eigenvalue weighted by Crippen LogP contribution is -2.46. The molecule has 5 heteroatoms. The molecule has 0 spiro atoms. The van der Waals surface area contributed by atoms with Gasteiger partial charge in [-0.05, 0) is 49.9 Å². The van der Waals surface area contributed by atoms with Gasteiger partial charge in [0.05, 0.1) is 12.0 Å². The minimum absolute atomic E-state index is 0.0122. The zero-order valence-corrected chi connectivity index (χ0v) is 15.5. The van der Waals surface area contributed by atoms with E-state index in [-0.39, 0.29) is 18.4 Å². The fraction of sp³-hybridized carbons (Fsp3) is 0.650. The molecule has 1 aliphatic heterocycles. The van der Waals surface area contributed by atoms with Crippen LogP contribution in [0.15, 0.2) is 24.3 Å². The molecule has 1 heterocycles. The lowest BCUT2D eigenvalue weighted by Gasteiger charge is -2.34. The van der Waals surface area contributed by atoms with Crippen molar-refractivity contribution in [2.24, 2.45) is 0 Å². The minimum atomic E-state index is -0.751. The van der Waals surface area contributed by atoms with Crippen molar-refractivity contribution in [3.05, 3.63) is 24.3 Å². The van der Waals surface area contributed by atoms with Crippen molar-refractivity contribution in [2.45, 2.75) is 56.6 Å². The molecule has 2 aliphatic rings. The smallest absolute Gasteiger partial charge is 0.223 e. The highest BCUT2D eigenvalue weighted by Gasteiger charge is 2.34. The molecule has 1 amide bonds. The number of piperidine rings is 1. The van der Waals surface area contributed by atoms with Gasteiger partial charge in [0.25, 0.3) is 0 Å². The number of hydrogen-bond donors (Lipinski definition) is 2. The summed E-state index contributed by atoms with van der Waals surface area (Å²) in [6, 6.07) is 8.86. The summed E-state index contributed by atoms with van der Waals surface area (Å²) in [5, 5.41) is 13.5. The zero-order chi connectivity index (χ0) is 17.9. The van der Waals surface area contributed by atoms with Crippen LogP contribution in [0.5, 0.6) is 0 Å². The van der Waals surface area contributed by atoms with Gasteiger partial charge in [0, 0.05) is 44.6 Å². The number of benzene rings is 1. The summed E-state index contributed by atoms with van der Waals surface area (Å²) in [6.07, 6.45) is 5.78. The van der Waals surface area contributed by atoms with Crippen LogP contribution in [-0.2, 0) is 4.79 Å². The third kappa shape index (κ3) is 4.66. The van der Waals surface area contributed by atoms with Crippen molar-refractivity contribution in [1.29, 1.82) is 0 Å². The van der Waals surface area contributed by atoms with Gasteiger partial charge in [0.15, 0.2) is 0 Å². The van der Waals surface area contributed by atoms with Crippen LogP contribution in [0.2, 0.25) is 0 Å². The van der Waals surface area contributed by atoms with Crippen molar-refractivity contribution in [3.63, 3.8) is 0 Å². The summed E-state index contributed by atoms with van der Waals surface area (Å²) in [4.78, 5) is 16.7. The van der Waals surface area contributed by atoms with E-state index in [0.717, 1.165) is 51.6 Å². The highest BCUT2D eigenvalue weighted by Crippen LogP contribution is 2.32. The summed E-state index contributed by atoms with van der Waals surface area (Å²) in [5.74, 6) is 0.0122. The molecule has 138 valence electrons. The van der Waals surface area contributed by atoms with E-state index >= 15 is 0 Å². The lowest BCUT2D eigenvalue weighted by molar-refractivity contribution is -0.126. The van der Waals surface area contributed by atoms with Crippen LogP contribution in [0.4, 0.5) is 11.4 Å². The van der Waals surface area contributed by atoms with Crippen molar-refractivity contribution >= 4 is 17.3 Å². The number of nitrogens with one attached hydrogen (secondary N) is 1. The van der Waals surface area contributed by atoms with Gasteiger partial charge in [-0.15, -0.1) is 0 Å². The standard InChI is InChI=1S/C20H31N3O2/c1-22(2)17-5-7-18(8-6-17)23-13-9-16(10-14-23)21-19(24)15-20(25)11-3-4-12-20/h5-8,16,25H,3-4,9-15H2,1-2H3,(H,21,24). The Morgan fingerprint density at radius 2 is 1.80 bits per heavy atom. The molecule has 2 fully saturated rings. The van der Waals surface area contributed by atoms with Crippen LogP contribution in [0.3, 0.4) is 0 Å². The first-order valence-corrected chi connectivity index (χ1v) is 9.49. The van der Waals surface area contributed by atoms with E-state index in [9.17, 15) is 9.90 Å². The molecule has 25 heavy (non-hydrogen) atoms. The van der Waals surface area contributed by atoms with Gasteiger partial charge in [-0.3, -0.25) is 4.79 Å². The van der Waals surface area contributed by atoms with Gasteiger partial charge in [0.1, 0.15) is 0 Å². The fourth-order valence-electron chi connectivity index (χ4n) is 4.03. The molecule has 0 unspecified atom stereocenters. The molecule has 1 aromatic carbocycles. The second-order valence-electron chi connectivity index (χ2n) is 7.85. The molecule has 5 nitrogen and oxygen atoms in total. The Bertz CT molecular complexity index is 571. The number of hydrogen-bond acceptors (Lipinski definition) is 4. The Morgan fingerprint density at radius 3 is 2.36 bits per heavy atom. The average molecular weight is 345 g/mol. The minimum Gasteiger partial charge on any atom is -0.389 e. The van der Waals surface area contributed by atoms with Crippen LogP contribution in [0, 0.1) is 0 Å². The average Bonchev–Trinajstić information content (AvgIpc) is 3.01. The summed E-state index contributed by atoms with van der Waals surface area (Å²) < 4.78 is 0. The third-order valence-corrected chi connectivity index (χ3v) is 5.62. The van der Waals surface area contributed by atoms with Gasteiger partial charge in [0.2, 0.25) is 5.91 Å². The molecule has 3 rings (SSSR count). The number of rotatable bonds is 5. The van der Waals surface area contributed by atoms with Crippen molar-refractivity contribution < 1.29 is 9.90 Å². The lowest BCUT2D eigenvalue weighted by atomic mass is 9.96. The summed E-state index contributed by atoms with van der Waals surface area (Å²) in [5.41, 5.74) is 1.70. The van der Waals surface area contributed by atoms with Gasteiger partial charge in [-0.1, -0.05) is 12.8 Å². The van der Waals surface area contributed by atoms with Crippen molar-refractivity contribution in [2.75, 3.05) is 37.0 Å².